The highest BCUT2D eigenvalue weighted by Gasteiger charge is 2.59. The third-order valence-corrected chi connectivity index (χ3v) is 11.9. The van der Waals surface area contributed by atoms with E-state index in [1.54, 1.807) is 24.6 Å². The van der Waals surface area contributed by atoms with Crippen molar-refractivity contribution in [1.82, 2.24) is 15.1 Å². The SMILES string of the molecule is C[C@H](CCC(=O)N1CC[C@H](NC(=O)N(C)C)C1)[C@H]1CC[C@H]2[C@@H]3CC=C4C[C@@H](O)CC[C@]4(C)[C@H]3CC[C@]12C. The second-order valence-electron chi connectivity index (χ2n) is 14.1. The van der Waals surface area contributed by atoms with E-state index in [1.807, 2.05) is 4.90 Å². The molecule has 3 amide bonds. The van der Waals surface area contributed by atoms with Gasteiger partial charge in [-0.2, -0.15) is 0 Å². The van der Waals surface area contributed by atoms with Gasteiger partial charge in [0, 0.05) is 39.6 Å². The standard InChI is InChI=1S/C31H51N3O3/c1-20(6-11-28(36)34-17-14-22(19-34)32-29(37)33(4)5)25-9-10-26-24-8-7-21-18-23(35)12-15-30(21,2)27(24)13-16-31(25,26)3/h7,20,22-27,35H,6,8-19H2,1-5H3,(H,32,37)/t20-,22+,23+,24+,25-,26+,27+,30+,31-/m1/s1. The van der Waals surface area contributed by atoms with Gasteiger partial charge in [-0.3, -0.25) is 4.79 Å². The highest BCUT2D eigenvalue weighted by Crippen LogP contribution is 2.67. The largest absolute Gasteiger partial charge is 0.393 e. The van der Waals surface area contributed by atoms with E-state index in [-0.39, 0.29) is 24.1 Å². The molecule has 2 N–H and O–H groups in total. The molecule has 1 heterocycles. The molecule has 0 aromatic carbocycles. The van der Waals surface area contributed by atoms with Crippen molar-refractivity contribution in [2.75, 3.05) is 27.2 Å². The number of carbonyl (C=O) groups excluding carboxylic acids is 2. The molecule has 1 saturated heterocycles. The molecule has 208 valence electrons. The van der Waals surface area contributed by atoms with Crippen LogP contribution < -0.4 is 5.32 Å². The number of nitrogens with one attached hydrogen (secondary N) is 1. The fourth-order valence-corrected chi connectivity index (χ4v) is 9.74. The third kappa shape index (κ3) is 4.85. The monoisotopic (exact) mass is 513 g/mol. The number of allylic oxidation sites excluding steroid dienone is 1. The fourth-order valence-electron chi connectivity index (χ4n) is 9.74. The summed E-state index contributed by atoms with van der Waals surface area (Å²) in [4.78, 5) is 28.5. The molecule has 9 atom stereocenters. The molecule has 5 aliphatic rings. The summed E-state index contributed by atoms with van der Waals surface area (Å²) in [5.41, 5.74) is 2.26. The van der Waals surface area contributed by atoms with Crippen molar-refractivity contribution < 1.29 is 14.7 Å². The first-order valence-corrected chi connectivity index (χ1v) is 15.2. The Hall–Kier alpha value is -1.56. The van der Waals surface area contributed by atoms with Crippen LogP contribution in [0.25, 0.3) is 0 Å². The summed E-state index contributed by atoms with van der Waals surface area (Å²) in [6.45, 7) is 8.91. The molecule has 3 saturated carbocycles. The molecular weight excluding hydrogens is 462 g/mol. The molecule has 0 aromatic heterocycles. The minimum absolute atomic E-state index is 0.0697. The molecule has 4 fully saturated rings. The lowest BCUT2D eigenvalue weighted by Gasteiger charge is -2.58. The number of rotatable bonds is 5. The van der Waals surface area contributed by atoms with Gasteiger partial charge in [-0.05, 0) is 105 Å². The first kappa shape index (κ1) is 27.0. The minimum Gasteiger partial charge on any atom is -0.393 e. The number of amides is 3. The van der Waals surface area contributed by atoms with E-state index in [0.717, 1.165) is 56.4 Å². The molecule has 0 aromatic rings. The Balaban J connectivity index is 1.17. The Bertz CT molecular complexity index is 917. The van der Waals surface area contributed by atoms with Crippen LogP contribution in [0, 0.1) is 40.4 Å². The van der Waals surface area contributed by atoms with Gasteiger partial charge in [0.15, 0.2) is 0 Å². The van der Waals surface area contributed by atoms with E-state index in [9.17, 15) is 14.7 Å². The predicted octanol–water partition coefficient (Wildman–Crippen LogP) is 5.21. The Morgan fingerprint density at radius 2 is 1.92 bits per heavy atom. The third-order valence-electron chi connectivity index (χ3n) is 11.9. The van der Waals surface area contributed by atoms with Gasteiger partial charge in [0.2, 0.25) is 5.91 Å². The number of likely N-dealkylation sites (tertiary alicyclic amines) is 1. The van der Waals surface area contributed by atoms with Gasteiger partial charge < -0.3 is 20.2 Å². The van der Waals surface area contributed by atoms with E-state index in [4.69, 9.17) is 0 Å². The Morgan fingerprint density at radius 3 is 2.68 bits per heavy atom. The molecule has 6 nitrogen and oxygen atoms in total. The molecular formula is C31H51N3O3. The van der Waals surface area contributed by atoms with E-state index >= 15 is 0 Å². The number of nitrogens with zero attached hydrogens (tertiary/aromatic N) is 2. The summed E-state index contributed by atoms with van der Waals surface area (Å²) in [6, 6.07) is -0.00766. The second-order valence-corrected chi connectivity index (χ2v) is 14.1. The summed E-state index contributed by atoms with van der Waals surface area (Å²) in [7, 11) is 3.50. The van der Waals surface area contributed by atoms with Crippen LogP contribution in [0.1, 0.15) is 91.4 Å². The Kier molecular flexibility index (Phi) is 7.45. The molecule has 37 heavy (non-hydrogen) atoms. The zero-order valence-electron chi connectivity index (χ0n) is 24.0. The lowest BCUT2D eigenvalue weighted by molar-refractivity contribution is -0.130. The Labute approximate surface area is 224 Å². The Morgan fingerprint density at radius 1 is 1.14 bits per heavy atom. The van der Waals surface area contributed by atoms with Crippen LogP contribution in [-0.4, -0.2) is 66.2 Å². The molecule has 0 unspecified atom stereocenters. The van der Waals surface area contributed by atoms with Gasteiger partial charge >= 0.3 is 6.03 Å². The molecule has 0 radical (unpaired) electrons. The number of hydrogen-bond donors (Lipinski definition) is 2. The minimum atomic E-state index is -0.132. The maximum atomic E-state index is 13.1. The normalized spacial score (nSPS) is 41.8. The van der Waals surface area contributed by atoms with Gasteiger partial charge in [-0.15, -0.1) is 0 Å². The molecule has 6 heteroatoms. The first-order valence-electron chi connectivity index (χ1n) is 15.2. The highest BCUT2D eigenvalue weighted by atomic mass is 16.3. The number of aliphatic hydroxyl groups is 1. The summed E-state index contributed by atoms with van der Waals surface area (Å²) in [6.07, 6.45) is 14.4. The van der Waals surface area contributed by atoms with Crippen LogP contribution in [0.3, 0.4) is 0 Å². The van der Waals surface area contributed by atoms with E-state index < -0.39 is 0 Å². The fraction of sp³-hybridized carbons (Fsp3) is 0.871. The topological polar surface area (TPSA) is 72.9 Å². The molecule has 4 aliphatic carbocycles. The van der Waals surface area contributed by atoms with Gasteiger partial charge in [0.25, 0.3) is 0 Å². The number of hydrogen-bond acceptors (Lipinski definition) is 3. The summed E-state index contributed by atoms with van der Waals surface area (Å²) >= 11 is 0. The summed E-state index contributed by atoms with van der Waals surface area (Å²) in [5, 5.41) is 13.3. The zero-order valence-corrected chi connectivity index (χ0v) is 24.0. The quantitative estimate of drug-likeness (QED) is 0.496. The summed E-state index contributed by atoms with van der Waals surface area (Å²) in [5.74, 6) is 3.91. The lowest BCUT2D eigenvalue weighted by Crippen LogP contribution is -2.50. The van der Waals surface area contributed by atoms with E-state index in [1.165, 1.54) is 32.1 Å². The number of urea groups is 1. The molecule has 0 spiro atoms. The maximum Gasteiger partial charge on any atom is 0.317 e. The second kappa shape index (κ2) is 10.2. The van der Waals surface area contributed by atoms with Crippen molar-refractivity contribution in [2.24, 2.45) is 40.4 Å². The van der Waals surface area contributed by atoms with Gasteiger partial charge in [0.05, 0.1) is 6.10 Å². The predicted molar refractivity (Wildman–Crippen MR) is 147 cm³/mol. The maximum absolute atomic E-state index is 13.1. The smallest absolute Gasteiger partial charge is 0.317 e. The van der Waals surface area contributed by atoms with Crippen molar-refractivity contribution in [3.8, 4) is 0 Å². The van der Waals surface area contributed by atoms with E-state index in [0.29, 0.717) is 35.6 Å². The number of fused-ring (bicyclic) bond motifs is 5. The van der Waals surface area contributed by atoms with Crippen LogP contribution in [0.5, 0.6) is 0 Å². The van der Waals surface area contributed by atoms with Crippen molar-refractivity contribution in [1.29, 1.82) is 0 Å². The van der Waals surface area contributed by atoms with Crippen molar-refractivity contribution in [3.63, 3.8) is 0 Å². The van der Waals surface area contributed by atoms with E-state index in [2.05, 4.69) is 32.2 Å². The van der Waals surface area contributed by atoms with Crippen LogP contribution in [0.4, 0.5) is 4.79 Å². The summed E-state index contributed by atoms with van der Waals surface area (Å²) < 4.78 is 0. The van der Waals surface area contributed by atoms with Gasteiger partial charge in [-0.1, -0.05) is 32.4 Å². The van der Waals surface area contributed by atoms with Crippen LogP contribution >= 0.6 is 0 Å². The van der Waals surface area contributed by atoms with Crippen LogP contribution in [0.15, 0.2) is 11.6 Å². The molecule has 1 aliphatic heterocycles. The average molecular weight is 514 g/mol. The van der Waals surface area contributed by atoms with Gasteiger partial charge in [0.1, 0.15) is 0 Å². The first-order chi connectivity index (χ1) is 17.5. The highest BCUT2D eigenvalue weighted by molar-refractivity contribution is 5.77. The average Bonchev–Trinajstić information content (AvgIpc) is 3.46. The van der Waals surface area contributed by atoms with Crippen molar-refractivity contribution in [2.45, 2.75) is 104 Å². The van der Waals surface area contributed by atoms with Crippen molar-refractivity contribution in [3.05, 3.63) is 11.6 Å². The molecule has 0 bridgehead atoms. The number of aliphatic hydroxyl groups excluding tert-OH is 1. The van der Waals surface area contributed by atoms with Gasteiger partial charge in [-0.25, -0.2) is 4.79 Å². The lowest BCUT2D eigenvalue weighted by atomic mass is 9.47. The van der Waals surface area contributed by atoms with Crippen LogP contribution in [0.2, 0.25) is 0 Å². The van der Waals surface area contributed by atoms with Crippen molar-refractivity contribution >= 4 is 11.9 Å². The van der Waals surface area contributed by atoms with Crippen LogP contribution in [-0.2, 0) is 4.79 Å². The zero-order chi connectivity index (χ0) is 26.5. The molecule has 5 rings (SSSR count). The number of carbonyl (C=O) groups is 2.